The summed E-state index contributed by atoms with van der Waals surface area (Å²) in [6, 6.07) is 10.8. The zero-order valence-electron chi connectivity index (χ0n) is 15.9. The fourth-order valence-corrected chi connectivity index (χ4v) is 3.33. The van der Waals surface area contributed by atoms with Gasteiger partial charge in [-0.15, -0.1) is 10.2 Å². The van der Waals surface area contributed by atoms with Crippen molar-refractivity contribution in [3.05, 3.63) is 71.6 Å². The topological polar surface area (TPSA) is 69.0 Å². The highest BCUT2D eigenvalue weighted by Gasteiger charge is 2.18. The lowest BCUT2D eigenvalue weighted by Gasteiger charge is -2.13. The van der Waals surface area contributed by atoms with Crippen LogP contribution in [-0.4, -0.2) is 33.0 Å². The molecule has 0 saturated heterocycles. The van der Waals surface area contributed by atoms with Gasteiger partial charge in [0, 0.05) is 18.4 Å². The molecule has 1 aromatic heterocycles. The maximum atomic E-state index is 13.0. The molecule has 0 fully saturated rings. The van der Waals surface area contributed by atoms with Crippen LogP contribution in [0.25, 0.3) is 0 Å². The molecule has 0 bridgehead atoms. The van der Waals surface area contributed by atoms with Gasteiger partial charge >= 0.3 is 0 Å². The number of ether oxygens (including phenoxy) is 1. The molecule has 0 aliphatic carbocycles. The molecule has 3 aromatic rings. The molecule has 1 N–H and O–H groups in total. The number of carbonyl (C=O) groups excluding carboxylic acids is 1. The first-order valence-corrected chi connectivity index (χ1v) is 9.89. The van der Waals surface area contributed by atoms with Crippen LogP contribution in [-0.2, 0) is 7.05 Å². The maximum absolute atomic E-state index is 13.0. The molecule has 6 nitrogen and oxygen atoms in total. The minimum atomic E-state index is -0.395. The normalized spacial score (nSPS) is 11.9. The van der Waals surface area contributed by atoms with Gasteiger partial charge in [-0.1, -0.05) is 11.8 Å². The summed E-state index contributed by atoms with van der Waals surface area (Å²) in [5, 5.41) is 11.8. The van der Waals surface area contributed by atoms with Crippen molar-refractivity contribution in [1.29, 1.82) is 0 Å². The Morgan fingerprint density at radius 2 is 1.72 bits per heavy atom. The summed E-state index contributed by atoms with van der Waals surface area (Å²) in [4.78, 5) is 12.3. The first-order chi connectivity index (χ1) is 13.9. The second-order valence-electron chi connectivity index (χ2n) is 6.25. The van der Waals surface area contributed by atoms with Crippen LogP contribution in [0.4, 0.5) is 8.78 Å². The number of benzene rings is 2. The number of hydrogen-bond acceptors (Lipinski definition) is 5. The number of amides is 1. The third kappa shape index (κ3) is 5.54. The fraction of sp³-hybridized carbons (Fsp3) is 0.250. The van der Waals surface area contributed by atoms with E-state index in [1.165, 1.54) is 48.2 Å². The van der Waals surface area contributed by atoms with Crippen LogP contribution in [0.5, 0.6) is 5.75 Å². The summed E-state index contributed by atoms with van der Waals surface area (Å²) in [6.45, 7) is 2.23. The number of aromatic nitrogens is 3. The quantitative estimate of drug-likeness (QED) is 0.446. The molecular weight excluding hydrogens is 398 g/mol. The summed E-state index contributed by atoms with van der Waals surface area (Å²) in [5.74, 6) is 0.805. The number of hydrogen-bond donors (Lipinski definition) is 1. The smallest absolute Gasteiger partial charge is 0.251 e. The first-order valence-electron chi connectivity index (χ1n) is 8.91. The number of carbonyl (C=O) groups is 1. The summed E-state index contributed by atoms with van der Waals surface area (Å²) >= 11 is 1.46. The van der Waals surface area contributed by atoms with Crippen LogP contribution in [0.2, 0.25) is 0 Å². The van der Waals surface area contributed by atoms with E-state index >= 15 is 0 Å². The van der Waals surface area contributed by atoms with E-state index in [-0.39, 0.29) is 17.8 Å². The zero-order chi connectivity index (χ0) is 20.8. The van der Waals surface area contributed by atoms with E-state index in [4.69, 9.17) is 4.74 Å². The summed E-state index contributed by atoms with van der Waals surface area (Å²) < 4.78 is 33.2. The second-order valence-corrected chi connectivity index (χ2v) is 7.31. The molecule has 0 aliphatic heterocycles. The molecule has 0 aliphatic rings. The molecule has 0 saturated carbocycles. The van der Waals surface area contributed by atoms with Crippen molar-refractivity contribution in [3.8, 4) is 5.75 Å². The highest BCUT2D eigenvalue weighted by Crippen LogP contribution is 2.20. The molecule has 1 atom stereocenters. The van der Waals surface area contributed by atoms with Crippen molar-refractivity contribution in [1.82, 2.24) is 20.1 Å². The van der Waals surface area contributed by atoms with Crippen LogP contribution in [0.3, 0.4) is 0 Å². The van der Waals surface area contributed by atoms with Gasteiger partial charge in [0.15, 0.2) is 11.0 Å². The predicted octanol–water partition coefficient (Wildman–Crippen LogP) is 3.76. The van der Waals surface area contributed by atoms with Gasteiger partial charge in [0.2, 0.25) is 0 Å². The molecule has 29 heavy (non-hydrogen) atoms. The summed E-state index contributed by atoms with van der Waals surface area (Å²) in [5.41, 5.74) is 0.368. The molecule has 3 rings (SSSR count). The van der Waals surface area contributed by atoms with Crippen LogP contribution in [0.1, 0.15) is 29.1 Å². The first kappa shape index (κ1) is 20.8. The number of nitrogens with one attached hydrogen (secondary N) is 1. The van der Waals surface area contributed by atoms with E-state index in [1.807, 2.05) is 7.05 Å². The van der Waals surface area contributed by atoms with Gasteiger partial charge in [0.25, 0.3) is 5.91 Å². The van der Waals surface area contributed by atoms with Crippen molar-refractivity contribution in [2.75, 3.05) is 12.4 Å². The Kier molecular flexibility index (Phi) is 6.82. The van der Waals surface area contributed by atoms with E-state index in [2.05, 4.69) is 15.5 Å². The maximum Gasteiger partial charge on any atom is 0.251 e. The van der Waals surface area contributed by atoms with E-state index in [0.717, 1.165) is 0 Å². The zero-order valence-corrected chi connectivity index (χ0v) is 16.7. The van der Waals surface area contributed by atoms with Gasteiger partial charge in [-0.3, -0.25) is 4.79 Å². The number of halogens is 2. The summed E-state index contributed by atoms with van der Waals surface area (Å²) in [7, 11) is 1.82. The summed E-state index contributed by atoms with van der Waals surface area (Å²) in [6.07, 6.45) is 0. The van der Waals surface area contributed by atoms with Crippen LogP contribution < -0.4 is 10.1 Å². The lowest BCUT2D eigenvalue weighted by atomic mass is 10.2. The van der Waals surface area contributed by atoms with Crippen molar-refractivity contribution in [3.63, 3.8) is 0 Å². The molecule has 2 aromatic carbocycles. The highest BCUT2D eigenvalue weighted by atomic mass is 32.2. The number of nitrogens with zero attached hydrogens (tertiary/aromatic N) is 3. The molecule has 152 valence electrons. The molecule has 0 radical (unpaired) electrons. The Labute approximate surface area is 171 Å². The van der Waals surface area contributed by atoms with E-state index in [9.17, 15) is 13.6 Å². The monoisotopic (exact) mass is 418 g/mol. The average molecular weight is 418 g/mol. The molecule has 9 heteroatoms. The SMILES string of the molecule is C[C@H](NC(=O)c1ccc(F)cc1)c1nnc(SCCOc2ccc(F)cc2)n1C. The Morgan fingerprint density at radius 1 is 1.10 bits per heavy atom. The molecule has 0 spiro atoms. The van der Waals surface area contributed by atoms with Gasteiger partial charge in [-0.25, -0.2) is 8.78 Å². The average Bonchev–Trinajstić information content (AvgIpc) is 3.07. The fourth-order valence-electron chi connectivity index (χ4n) is 2.60. The molecule has 1 amide bonds. The van der Waals surface area contributed by atoms with Crippen LogP contribution in [0.15, 0.2) is 53.7 Å². The lowest BCUT2D eigenvalue weighted by Crippen LogP contribution is -2.28. The minimum absolute atomic E-state index is 0.307. The van der Waals surface area contributed by atoms with Gasteiger partial charge in [-0.05, 0) is 55.5 Å². The Balaban J connectivity index is 1.51. The van der Waals surface area contributed by atoms with E-state index in [1.54, 1.807) is 23.6 Å². The Bertz CT molecular complexity index is 962. The standard InChI is InChI=1S/C20H20F2N4O2S/c1-13(23-19(27)14-3-5-15(21)6-4-14)18-24-25-20(26(18)2)29-12-11-28-17-9-7-16(22)8-10-17/h3-10,13H,11-12H2,1-2H3,(H,23,27)/t13-/m0/s1. The van der Waals surface area contributed by atoms with Crippen LogP contribution in [0, 0.1) is 11.6 Å². The van der Waals surface area contributed by atoms with Gasteiger partial charge < -0.3 is 14.6 Å². The third-order valence-corrected chi connectivity index (χ3v) is 5.09. The van der Waals surface area contributed by atoms with Crippen molar-refractivity contribution < 1.29 is 18.3 Å². The lowest BCUT2D eigenvalue weighted by molar-refractivity contribution is 0.0937. The number of rotatable bonds is 8. The molecular formula is C20H20F2N4O2S. The second kappa shape index (κ2) is 9.51. The highest BCUT2D eigenvalue weighted by molar-refractivity contribution is 7.99. The van der Waals surface area contributed by atoms with Gasteiger partial charge in [0.05, 0.1) is 12.6 Å². The third-order valence-electron chi connectivity index (χ3n) is 4.11. The predicted molar refractivity (Wildman–Crippen MR) is 106 cm³/mol. The van der Waals surface area contributed by atoms with Crippen molar-refractivity contribution in [2.24, 2.45) is 7.05 Å². The van der Waals surface area contributed by atoms with Gasteiger partial charge in [0.1, 0.15) is 17.4 Å². The largest absolute Gasteiger partial charge is 0.493 e. The van der Waals surface area contributed by atoms with Crippen molar-refractivity contribution in [2.45, 2.75) is 18.1 Å². The minimum Gasteiger partial charge on any atom is -0.493 e. The Hall–Kier alpha value is -2.94. The molecule has 0 unspecified atom stereocenters. The Morgan fingerprint density at radius 3 is 2.38 bits per heavy atom. The number of thioether (sulfide) groups is 1. The van der Waals surface area contributed by atoms with Crippen molar-refractivity contribution >= 4 is 17.7 Å². The van der Waals surface area contributed by atoms with E-state index < -0.39 is 5.82 Å². The molecule has 1 heterocycles. The van der Waals surface area contributed by atoms with E-state index in [0.29, 0.717) is 34.7 Å². The van der Waals surface area contributed by atoms with Gasteiger partial charge in [-0.2, -0.15) is 0 Å². The van der Waals surface area contributed by atoms with Crippen LogP contribution >= 0.6 is 11.8 Å².